The highest BCUT2D eigenvalue weighted by molar-refractivity contribution is 6.00. The van der Waals surface area contributed by atoms with E-state index in [1.54, 1.807) is 7.11 Å². The van der Waals surface area contributed by atoms with E-state index >= 15 is 0 Å². The molecule has 1 aromatic carbocycles. The zero-order chi connectivity index (χ0) is 15.7. The predicted octanol–water partition coefficient (Wildman–Crippen LogP) is 1.43. The maximum atomic E-state index is 13.2. The van der Waals surface area contributed by atoms with Gasteiger partial charge in [-0.1, -0.05) is 5.16 Å². The van der Waals surface area contributed by atoms with Crippen LogP contribution < -0.4 is 4.74 Å². The molecule has 0 aromatic heterocycles. The van der Waals surface area contributed by atoms with Crippen LogP contribution in [0.4, 0.5) is 4.39 Å². The number of aliphatic hydroxyl groups is 1. The van der Waals surface area contributed by atoms with Crippen LogP contribution in [0.1, 0.15) is 12.5 Å². The number of hydrogen-bond acceptors (Lipinski definition) is 6. The van der Waals surface area contributed by atoms with Gasteiger partial charge in [0, 0.05) is 12.7 Å². The first-order valence-electron chi connectivity index (χ1n) is 6.44. The molecular weight excluding hydrogens is 281 g/mol. The fraction of sp³-hybridized carbons (Fsp3) is 0.500. The summed E-state index contributed by atoms with van der Waals surface area (Å²) in [6.07, 6.45) is -0.828. The lowest BCUT2D eigenvalue weighted by molar-refractivity contribution is -0.00422. The Morgan fingerprint density at radius 2 is 2.10 bits per heavy atom. The maximum absolute atomic E-state index is 13.2. The fourth-order valence-corrected chi connectivity index (χ4v) is 1.56. The Hall–Kier alpha value is -1.70. The Kier molecular flexibility index (Phi) is 7.66. The molecule has 0 radical (unpaired) electrons. The minimum absolute atomic E-state index is 0.0235. The highest BCUT2D eigenvalue weighted by Gasteiger charge is 2.12. The second kappa shape index (κ2) is 9.28. The molecule has 0 amide bonds. The van der Waals surface area contributed by atoms with Crippen LogP contribution in [-0.2, 0) is 9.47 Å². The molecule has 0 saturated heterocycles. The van der Waals surface area contributed by atoms with Crippen LogP contribution in [0.3, 0.4) is 0 Å². The average Bonchev–Trinajstić information content (AvgIpc) is 2.49. The van der Waals surface area contributed by atoms with Crippen molar-refractivity contribution in [1.82, 2.24) is 0 Å². The first-order valence-corrected chi connectivity index (χ1v) is 6.44. The van der Waals surface area contributed by atoms with E-state index in [9.17, 15) is 9.50 Å². The van der Waals surface area contributed by atoms with Crippen LogP contribution in [0.5, 0.6) is 5.75 Å². The summed E-state index contributed by atoms with van der Waals surface area (Å²) in [7, 11) is 1.56. The molecule has 1 atom stereocenters. The van der Waals surface area contributed by atoms with Crippen molar-refractivity contribution in [2.45, 2.75) is 13.0 Å². The zero-order valence-corrected chi connectivity index (χ0v) is 12.1. The molecule has 6 nitrogen and oxygen atoms in total. The summed E-state index contributed by atoms with van der Waals surface area (Å²) in [6, 6.07) is 3.84. The van der Waals surface area contributed by atoms with Crippen LogP contribution in [0, 0.1) is 5.82 Å². The third kappa shape index (κ3) is 6.07. The van der Waals surface area contributed by atoms with Gasteiger partial charge in [0.05, 0.1) is 25.5 Å². The molecule has 1 rings (SSSR count). The van der Waals surface area contributed by atoms with Gasteiger partial charge < -0.3 is 24.5 Å². The van der Waals surface area contributed by atoms with Crippen molar-refractivity contribution in [3.63, 3.8) is 0 Å². The lowest BCUT2D eigenvalue weighted by Gasteiger charge is -2.15. The number of nitrogens with zero attached hydrogens (tertiary/aromatic N) is 1. The lowest BCUT2D eigenvalue weighted by Crippen LogP contribution is -2.24. The van der Waals surface area contributed by atoms with Gasteiger partial charge in [0.2, 0.25) is 0 Å². The summed E-state index contributed by atoms with van der Waals surface area (Å²) in [4.78, 5) is 0. The third-order valence-corrected chi connectivity index (χ3v) is 2.65. The summed E-state index contributed by atoms with van der Waals surface area (Å²) in [6.45, 7) is 2.43. The number of benzene rings is 1. The SMILES string of the molecule is COCCOCC(O)COc1ccc(F)cc1/C(C)=N/O. The molecule has 1 aromatic rings. The summed E-state index contributed by atoms with van der Waals surface area (Å²) < 4.78 is 28.6. The van der Waals surface area contributed by atoms with Gasteiger partial charge in [0.1, 0.15) is 24.3 Å². The van der Waals surface area contributed by atoms with Crippen LogP contribution in [0.2, 0.25) is 0 Å². The van der Waals surface area contributed by atoms with Gasteiger partial charge in [0.25, 0.3) is 0 Å². The Morgan fingerprint density at radius 1 is 1.33 bits per heavy atom. The molecule has 1 unspecified atom stereocenters. The molecule has 0 spiro atoms. The van der Waals surface area contributed by atoms with Gasteiger partial charge in [-0.05, 0) is 25.1 Å². The number of methoxy groups -OCH3 is 1. The van der Waals surface area contributed by atoms with E-state index in [4.69, 9.17) is 19.4 Å². The van der Waals surface area contributed by atoms with E-state index in [0.29, 0.717) is 24.5 Å². The van der Waals surface area contributed by atoms with E-state index in [-0.39, 0.29) is 18.9 Å². The first-order chi connectivity index (χ1) is 10.1. The normalized spacial score (nSPS) is 13.2. The molecule has 21 heavy (non-hydrogen) atoms. The van der Waals surface area contributed by atoms with E-state index < -0.39 is 11.9 Å². The Bertz CT molecular complexity index is 467. The van der Waals surface area contributed by atoms with E-state index in [0.717, 1.165) is 0 Å². The Labute approximate surface area is 122 Å². The number of oxime groups is 1. The van der Waals surface area contributed by atoms with E-state index in [2.05, 4.69) is 5.16 Å². The highest BCUT2D eigenvalue weighted by Crippen LogP contribution is 2.21. The first kappa shape index (κ1) is 17.4. The molecule has 2 N–H and O–H groups in total. The number of ether oxygens (including phenoxy) is 3. The zero-order valence-electron chi connectivity index (χ0n) is 12.1. The fourth-order valence-electron chi connectivity index (χ4n) is 1.56. The van der Waals surface area contributed by atoms with Crippen molar-refractivity contribution in [3.8, 4) is 5.75 Å². The molecular formula is C14H20FNO5. The number of halogens is 1. The minimum atomic E-state index is -0.828. The smallest absolute Gasteiger partial charge is 0.128 e. The molecule has 0 fully saturated rings. The summed E-state index contributed by atoms with van der Waals surface area (Å²) >= 11 is 0. The third-order valence-electron chi connectivity index (χ3n) is 2.65. The molecule has 0 heterocycles. The number of hydrogen-bond donors (Lipinski definition) is 2. The number of rotatable bonds is 9. The molecule has 7 heteroatoms. The number of aliphatic hydroxyl groups excluding tert-OH is 1. The van der Waals surface area contributed by atoms with Crippen LogP contribution >= 0.6 is 0 Å². The van der Waals surface area contributed by atoms with Crippen molar-refractivity contribution in [2.24, 2.45) is 5.16 Å². The standard InChI is InChI=1S/C14H20FNO5/c1-10(16-18)13-7-11(15)3-4-14(13)21-9-12(17)8-20-6-5-19-2/h3-4,7,12,17-18H,5-6,8-9H2,1-2H3/b16-10+. The van der Waals surface area contributed by atoms with Crippen LogP contribution in [-0.4, -0.2) is 55.7 Å². The predicted molar refractivity (Wildman–Crippen MR) is 74.6 cm³/mol. The van der Waals surface area contributed by atoms with Crippen molar-refractivity contribution in [2.75, 3.05) is 33.5 Å². The Morgan fingerprint density at radius 3 is 2.76 bits per heavy atom. The van der Waals surface area contributed by atoms with E-state index in [1.807, 2.05) is 0 Å². The second-order valence-electron chi connectivity index (χ2n) is 4.36. The van der Waals surface area contributed by atoms with Crippen molar-refractivity contribution in [3.05, 3.63) is 29.6 Å². The van der Waals surface area contributed by atoms with Crippen molar-refractivity contribution in [1.29, 1.82) is 0 Å². The highest BCUT2D eigenvalue weighted by atomic mass is 19.1. The van der Waals surface area contributed by atoms with Crippen molar-refractivity contribution < 1.29 is 28.9 Å². The average molecular weight is 301 g/mol. The molecule has 118 valence electrons. The van der Waals surface area contributed by atoms with E-state index in [1.165, 1.54) is 25.1 Å². The van der Waals surface area contributed by atoms with Gasteiger partial charge in [-0.15, -0.1) is 0 Å². The lowest BCUT2D eigenvalue weighted by atomic mass is 10.1. The summed E-state index contributed by atoms with van der Waals surface area (Å²) in [5.41, 5.74) is 0.542. The summed E-state index contributed by atoms with van der Waals surface area (Å²) in [5.74, 6) is -0.147. The topological polar surface area (TPSA) is 80.5 Å². The van der Waals surface area contributed by atoms with Gasteiger partial charge in [-0.3, -0.25) is 0 Å². The van der Waals surface area contributed by atoms with Crippen molar-refractivity contribution >= 4 is 5.71 Å². The quantitative estimate of drug-likeness (QED) is 0.312. The Balaban J connectivity index is 2.55. The monoisotopic (exact) mass is 301 g/mol. The van der Waals surface area contributed by atoms with Gasteiger partial charge in [-0.25, -0.2) is 4.39 Å². The second-order valence-corrected chi connectivity index (χ2v) is 4.36. The van der Waals surface area contributed by atoms with Gasteiger partial charge in [0.15, 0.2) is 0 Å². The summed E-state index contributed by atoms with van der Waals surface area (Å²) in [5, 5.41) is 21.5. The molecule has 0 aliphatic heterocycles. The van der Waals surface area contributed by atoms with Gasteiger partial charge >= 0.3 is 0 Å². The molecule has 0 saturated carbocycles. The largest absolute Gasteiger partial charge is 0.490 e. The van der Waals surface area contributed by atoms with Crippen LogP contribution in [0.15, 0.2) is 23.4 Å². The van der Waals surface area contributed by atoms with Crippen LogP contribution in [0.25, 0.3) is 0 Å². The van der Waals surface area contributed by atoms with Gasteiger partial charge in [-0.2, -0.15) is 0 Å². The molecule has 0 aliphatic carbocycles. The molecule has 0 bridgehead atoms. The minimum Gasteiger partial charge on any atom is -0.490 e. The molecule has 0 aliphatic rings. The maximum Gasteiger partial charge on any atom is 0.128 e.